The van der Waals surface area contributed by atoms with Gasteiger partial charge in [-0.05, 0) is 17.7 Å². The lowest BCUT2D eigenvalue weighted by Crippen LogP contribution is -2.22. The summed E-state index contributed by atoms with van der Waals surface area (Å²) in [6.45, 7) is 1.54. The third-order valence-corrected chi connectivity index (χ3v) is 3.13. The van der Waals surface area contributed by atoms with Crippen LogP contribution in [0.3, 0.4) is 0 Å². The molecule has 0 aromatic heterocycles. The normalized spacial score (nSPS) is 23.9. The predicted octanol–water partition coefficient (Wildman–Crippen LogP) is 0.104. The molecule has 2 rings (SSSR count). The van der Waals surface area contributed by atoms with Gasteiger partial charge in [-0.3, -0.25) is 4.90 Å². The van der Waals surface area contributed by atoms with Crippen LogP contribution in [0.5, 0.6) is 5.75 Å². The molecular formula is C13H16N2O3. The van der Waals surface area contributed by atoms with Crippen molar-refractivity contribution in [1.82, 2.24) is 4.90 Å². The molecule has 1 fully saturated rings. The van der Waals surface area contributed by atoms with E-state index in [-0.39, 0.29) is 0 Å². The molecule has 1 aromatic rings. The minimum atomic E-state index is -0.676. The maximum atomic E-state index is 9.47. The molecule has 0 spiro atoms. The van der Waals surface area contributed by atoms with Crippen molar-refractivity contribution in [3.8, 4) is 11.8 Å². The SMILES string of the molecule is COc1cc(CN2CC(O)C(O)C2)ccc1C#N. The third-order valence-electron chi connectivity index (χ3n) is 3.13. The first kappa shape index (κ1) is 12.8. The van der Waals surface area contributed by atoms with Crippen LogP contribution in [0.1, 0.15) is 11.1 Å². The predicted molar refractivity (Wildman–Crippen MR) is 65.0 cm³/mol. The summed E-state index contributed by atoms with van der Waals surface area (Å²) in [6, 6.07) is 7.46. The number of benzene rings is 1. The molecule has 1 aliphatic rings. The van der Waals surface area contributed by atoms with Crippen molar-refractivity contribution in [3.05, 3.63) is 29.3 Å². The Morgan fingerprint density at radius 1 is 1.39 bits per heavy atom. The molecule has 0 saturated carbocycles. The number of hydrogen-bond acceptors (Lipinski definition) is 5. The minimum absolute atomic E-state index is 0.462. The molecule has 5 heteroatoms. The second-order valence-corrected chi connectivity index (χ2v) is 4.48. The van der Waals surface area contributed by atoms with Gasteiger partial charge in [0.25, 0.3) is 0 Å². The molecule has 18 heavy (non-hydrogen) atoms. The zero-order valence-electron chi connectivity index (χ0n) is 10.2. The summed E-state index contributed by atoms with van der Waals surface area (Å²) in [5, 5.41) is 27.8. The van der Waals surface area contributed by atoms with Gasteiger partial charge >= 0.3 is 0 Å². The number of nitrogens with zero attached hydrogens (tertiary/aromatic N) is 2. The van der Waals surface area contributed by atoms with Gasteiger partial charge in [-0.1, -0.05) is 6.07 Å². The largest absolute Gasteiger partial charge is 0.495 e. The molecule has 1 saturated heterocycles. The zero-order valence-corrected chi connectivity index (χ0v) is 10.2. The Morgan fingerprint density at radius 2 is 2.06 bits per heavy atom. The van der Waals surface area contributed by atoms with Crippen LogP contribution in [-0.4, -0.2) is 47.5 Å². The number of methoxy groups -OCH3 is 1. The van der Waals surface area contributed by atoms with Crippen molar-refractivity contribution >= 4 is 0 Å². The highest BCUT2D eigenvalue weighted by molar-refractivity contribution is 5.45. The average molecular weight is 248 g/mol. The van der Waals surface area contributed by atoms with Crippen molar-refractivity contribution in [3.63, 3.8) is 0 Å². The lowest BCUT2D eigenvalue weighted by molar-refractivity contribution is 0.0572. The number of likely N-dealkylation sites (tertiary alicyclic amines) is 1. The van der Waals surface area contributed by atoms with Gasteiger partial charge in [0, 0.05) is 19.6 Å². The number of hydrogen-bond donors (Lipinski definition) is 2. The molecule has 5 nitrogen and oxygen atoms in total. The Kier molecular flexibility index (Phi) is 3.82. The standard InChI is InChI=1S/C13H16N2O3/c1-18-13-4-9(2-3-10(13)5-14)6-15-7-11(16)12(17)8-15/h2-4,11-12,16-17H,6-8H2,1H3. The molecule has 0 amide bonds. The van der Waals surface area contributed by atoms with E-state index in [0.717, 1.165) is 5.56 Å². The van der Waals surface area contributed by atoms with Crippen molar-refractivity contribution in [2.24, 2.45) is 0 Å². The van der Waals surface area contributed by atoms with E-state index < -0.39 is 12.2 Å². The monoisotopic (exact) mass is 248 g/mol. The van der Waals surface area contributed by atoms with Gasteiger partial charge in [-0.25, -0.2) is 0 Å². The number of nitriles is 1. The van der Waals surface area contributed by atoms with E-state index in [1.54, 1.807) is 6.07 Å². The highest BCUT2D eigenvalue weighted by Gasteiger charge is 2.29. The van der Waals surface area contributed by atoms with E-state index in [4.69, 9.17) is 10.00 Å². The Bertz CT molecular complexity index is 460. The van der Waals surface area contributed by atoms with E-state index in [2.05, 4.69) is 6.07 Å². The highest BCUT2D eigenvalue weighted by atomic mass is 16.5. The summed E-state index contributed by atoms with van der Waals surface area (Å²) in [5.41, 5.74) is 1.50. The molecule has 1 aromatic carbocycles. The van der Waals surface area contributed by atoms with E-state index in [9.17, 15) is 10.2 Å². The van der Waals surface area contributed by atoms with Crippen molar-refractivity contribution < 1.29 is 14.9 Å². The lowest BCUT2D eigenvalue weighted by Gasteiger charge is -2.15. The summed E-state index contributed by atoms with van der Waals surface area (Å²) >= 11 is 0. The first-order valence-corrected chi connectivity index (χ1v) is 5.79. The summed E-state index contributed by atoms with van der Waals surface area (Å²) < 4.78 is 5.14. The summed E-state index contributed by atoms with van der Waals surface area (Å²) in [6.07, 6.45) is -1.35. The van der Waals surface area contributed by atoms with Crippen LogP contribution in [0.25, 0.3) is 0 Å². The van der Waals surface area contributed by atoms with E-state index in [1.807, 2.05) is 17.0 Å². The van der Waals surface area contributed by atoms with Gasteiger partial charge in [-0.15, -0.1) is 0 Å². The molecule has 96 valence electrons. The van der Waals surface area contributed by atoms with Gasteiger partial charge in [0.15, 0.2) is 0 Å². The van der Waals surface area contributed by atoms with Crippen molar-refractivity contribution in [2.45, 2.75) is 18.8 Å². The van der Waals surface area contributed by atoms with Gasteiger partial charge in [0.05, 0.1) is 24.9 Å². The van der Waals surface area contributed by atoms with Crippen LogP contribution in [0.15, 0.2) is 18.2 Å². The fourth-order valence-corrected chi connectivity index (χ4v) is 2.16. The molecule has 0 bridgehead atoms. The van der Waals surface area contributed by atoms with Crippen molar-refractivity contribution in [2.75, 3.05) is 20.2 Å². The molecule has 2 N–H and O–H groups in total. The first-order valence-electron chi connectivity index (χ1n) is 5.79. The van der Waals surface area contributed by atoms with E-state index in [0.29, 0.717) is 30.9 Å². The second kappa shape index (κ2) is 5.36. The fourth-order valence-electron chi connectivity index (χ4n) is 2.16. The van der Waals surface area contributed by atoms with Crippen LogP contribution in [-0.2, 0) is 6.54 Å². The van der Waals surface area contributed by atoms with E-state index in [1.165, 1.54) is 7.11 Å². The topological polar surface area (TPSA) is 76.7 Å². The Labute approximate surface area is 106 Å². The smallest absolute Gasteiger partial charge is 0.136 e. The average Bonchev–Trinajstić information content (AvgIpc) is 2.68. The molecule has 1 heterocycles. The zero-order chi connectivity index (χ0) is 13.1. The van der Waals surface area contributed by atoms with Crippen LogP contribution in [0.4, 0.5) is 0 Å². The summed E-state index contributed by atoms with van der Waals surface area (Å²) in [4.78, 5) is 1.97. The molecule has 0 aliphatic carbocycles. The Balaban J connectivity index is 2.09. The Morgan fingerprint density at radius 3 is 2.61 bits per heavy atom. The molecule has 0 radical (unpaired) electrons. The Hall–Kier alpha value is -1.61. The summed E-state index contributed by atoms with van der Waals surface area (Å²) in [5.74, 6) is 0.551. The van der Waals surface area contributed by atoms with Crippen LogP contribution >= 0.6 is 0 Å². The first-order chi connectivity index (χ1) is 8.63. The summed E-state index contributed by atoms with van der Waals surface area (Å²) in [7, 11) is 1.53. The highest BCUT2D eigenvalue weighted by Crippen LogP contribution is 2.21. The second-order valence-electron chi connectivity index (χ2n) is 4.48. The molecular weight excluding hydrogens is 232 g/mol. The molecule has 2 atom stereocenters. The maximum absolute atomic E-state index is 9.47. The molecule has 1 aliphatic heterocycles. The molecule has 2 unspecified atom stereocenters. The minimum Gasteiger partial charge on any atom is -0.495 e. The van der Waals surface area contributed by atoms with Crippen LogP contribution < -0.4 is 4.74 Å². The fraction of sp³-hybridized carbons (Fsp3) is 0.462. The van der Waals surface area contributed by atoms with E-state index >= 15 is 0 Å². The van der Waals surface area contributed by atoms with Gasteiger partial charge in [0.2, 0.25) is 0 Å². The quantitative estimate of drug-likeness (QED) is 0.793. The number of aliphatic hydroxyl groups excluding tert-OH is 2. The maximum Gasteiger partial charge on any atom is 0.136 e. The number of rotatable bonds is 3. The lowest BCUT2D eigenvalue weighted by atomic mass is 10.1. The number of aliphatic hydroxyl groups is 2. The third kappa shape index (κ3) is 2.62. The van der Waals surface area contributed by atoms with Gasteiger partial charge in [0.1, 0.15) is 11.8 Å². The van der Waals surface area contributed by atoms with Crippen molar-refractivity contribution in [1.29, 1.82) is 5.26 Å². The van der Waals surface area contributed by atoms with Gasteiger partial charge < -0.3 is 14.9 Å². The van der Waals surface area contributed by atoms with Gasteiger partial charge in [-0.2, -0.15) is 5.26 Å². The van der Waals surface area contributed by atoms with Crippen LogP contribution in [0.2, 0.25) is 0 Å². The number of β-amino-alcohol motifs (C(OH)–C–C–N with tert-alkyl or cyclic N) is 2. The number of ether oxygens (including phenoxy) is 1. The van der Waals surface area contributed by atoms with Crippen LogP contribution in [0, 0.1) is 11.3 Å².